The first-order valence-corrected chi connectivity index (χ1v) is 8.01. The second-order valence-corrected chi connectivity index (χ2v) is 5.96. The summed E-state index contributed by atoms with van der Waals surface area (Å²) < 4.78 is 33.6. The molecule has 0 heterocycles. The Bertz CT molecular complexity index is 386. The first kappa shape index (κ1) is 23.4. The topological polar surface area (TPSA) is 174 Å². The number of nitrogens with one attached hydrogen (secondary N) is 1. The lowest BCUT2D eigenvalue weighted by Crippen LogP contribution is -2.57. The highest BCUT2D eigenvalue weighted by Gasteiger charge is 2.28. The van der Waals surface area contributed by atoms with E-state index in [2.05, 4.69) is 10.1 Å². The van der Waals surface area contributed by atoms with Crippen LogP contribution in [0.5, 0.6) is 0 Å². The van der Waals surface area contributed by atoms with E-state index in [9.17, 15) is 18.3 Å². The molecule has 0 rings (SSSR count). The molecule has 0 aliphatic heterocycles. The summed E-state index contributed by atoms with van der Waals surface area (Å²) in [5.41, 5.74) is -1.39. The van der Waals surface area contributed by atoms with Crippen LogP contribution in [0.3, 0.4) is 0 Å². The Morgan fingerprint density at radius 3 is 1.91 bits per heavy atom. The molecule has 0 bridgehead atoms. The molecule has 0 amide bonds. The summed E-state index contributed by atoms with van der Waals surface area (Å²) in [6.45, 7) is 1.59. The van der Waals surface area contributed by atoms with Crippen molar-refractivity contribution in [1.29, 1.82) is 0 Å². The van der Waals surface area contributed by atoms with Gasteiger partial charge in [0.2, 0.25) is 0 Å². The van der Waals surface area contributed by atoms with Gasteiger partial charge in [0.15, 0.2) is 0 Å². The molecule has 0 radical (unpaired) electrons. The van der Waals surface area contributed by atoms with Crippen LogP contribution in [-0.4, -0.2) is 89.7 Å². The quantitative estimate of drug-likeness (QED) is 0.188. The molecule has 0 saturated carbocycles. The van der Waals surface area contributed by atoms with E-state index in [-0.39, 0.29) is 12.5 Å². The van der Waals surface area contributed by atoms with Crippen LogP contribution in [-0.2, 0) is 19.6 Å². The van der Waals surface area contributed by atoms with E-state index in [4.69, 9.17) is 19.9 Å². The minimum atomic E-state index is -4.29. The number of carbonyl (C=O) groups is 1. The first-order chi connectivity index (χ1) is 10.1. The molecule has 1 atom stereocenters. The van der Waals surface area contributed by atoms with Gasteiger partial charge in [-0.15, -0.1) is 0 Å². The number of ether oxygens (including phenoxy) is 1. The third-order valence-electron chi connectivity index (χ3n) is 2.37. The van der Waals surface area contributed by atoms with Gasteiger partial charge in [0.25, 0.3) is 10.1 Å². The zero-order valence-corrected chi connectivity index (χ0v) is 13.4. The molecule has 0 aromatic heterocycles. The molecular weight excluding hydrogens is 322 g/mol. The van der Waals surface area contributed by atoms with Gasteiger partial charge in [-0.2, -0.15) is 8.42 Å². The average molecular weight is 347 g/mol. The average Bonchev–Trinajstić information content (AvgIpc) is 2.39. The fraction of sp³-hybridized carbons (Fsp3) is 0.909. The Labute approximate surface area is 129 Å². The maximum absolute atomic E-state index is 10.4. The van der Waals surface area contributed by atoms with Crippen LogP contribution in [0.25, 0.3) is 0 Å². The van der Waals surface area contributed by atoms with E-state index in [1.807, 2.05) is 0 Å². The van der Waals surface area contributed by atoms with Gasteiger partial charge in [0.05, 0.1) is 38.1 Å². The molecule has 1 unspecified atom stereocenters. The molecule has 10 nitrogen and oxygen atoms in total. The van der Waals surface area contributed by atoms with Crippen LogP contribution in [0.1, 0.15) is 13.8 Å². The van der Waals surface area contributed by atoms with Gasteiger partial charge in [0.1, 0.15) is 5.75 Å². The zero-order chi connectivity index (χ0) is 17.8. The molecule has 0 aliphatic carbocycles. The number of rotatable bonds is 9. The SMILES string of the molecule is CCOC(C)=O.O=S(=O)(O)CC(O)CNC(CO)(CO)CO. The van der Waals surface area contributed by atoms with Crippen LogP contribution in [0, 0.1) is 0 Å². The second kappa shape index (κ2) is 11.7. The summed E-state index contributed by atoms with van der Waals surface area (Å²) >= 11 is 0. The number of hydrogen-bond acceptors (Lipinski definition) is 9. The van der Waals surface area contributed by atoms with Crippen molar-refractivity contribution in [1.82, 2.24) is 5.32 Å². The lowest BCUT2D eigenvalue weighted by atomic mass is 10.0. The molecule has 22 heavy (non-hydrogen) atoms. The maximum Gasteiger partial charge on any atom is 0.302 e. The summed E-state index contributed by atoms with van der Waals surface area (Å²) in [6.07, 6.45) is -1.40. The molecule has 0 spiro atoms. The highest BCUT2D eigenvalue weighted by molar-refractivity contribution is 7.85. The summed E-state index contributed by atoms with van der Waals surface area (Å²) in [5.74, 6) is -1.07. The van der Waals surface area contributed by atoms with Crippen LogP contribution >= 0.6 is 0 Å². The molecule has 11 heteroatoms. The molecule has 0 aromatic carbocycles. The Morgan fingerprint density at radius 2 is 1.68 bits per heavy atom. The minimum absolute atomic E-state index is 0.211. The number of hydrogen-bond donors (Lipinski definition) is 6. The van der Waals surface area contributed by atoms with Crippen LogP contribution in [0.15, 0.2) is 0 Å². The van der Waals surface area contributed by atoms with Crippen molar-refractivity contribution in [2.45, 2.75) is 25.5 Å². The van der Waals surface area contributed by atoms with Crippen molar-refractivity contribution in [3.8, 4) is 0 Å². The van der Waals surface area contributed by atoms with E-state index in [0.717, 1.165) is 0 Å². The van der Waals surface area contributed by atoms with Gasteiger partial charge in [-0.3, -0.25) is 9.35 Å². The summed E-state index contributed by atoms with van der Waals surface area (Å²) in [5, 5.41) is 38.3. The van der Waals surface area contributed by atoms with E-state index in [0.29, 0.717) is 6.61 Å². The summed E-state index contributed by atoms with van der Waals surface area (Å²) in [6, 6.07) is 0. The van der Waals surface area contributed by atoms with Crippen molar-refractivity contribution in [2.24, 2.45) is 0 Å². The van der Waals surface area contributed by atoms with Gasteiger partial charge in [-0.1, -0.05) is 0 Å². The highest BCUT2D eigenvalue weighted by Crippen LogP contribution is 2.02. The Kier molecular flexibility index (Phi) is 12.5. The van der Waals surface area contributed by atoms with Crippen LogP contribution in [0.4, 0.5) is 0 Å². The number of β-amino-alcohol motifs (C(OH)–C–C–N with tert-alkyl or cyclic N) is 1. The Hall–Kier alpha value is -0.820. The van der Waals surface area contributed by atoms with Crippen molar-refractivity contribution < 1.29 is 42.9 Å². The molecule has 6 N–H and O–H groups in total. The Morgan fingerprint density at radius 1 is 1.23 bits per heavy atom. The monoisotopic (exact) mass is 347 g/mol. The predicted octanol–water partition coefficient (Wildman–Crippen LogP) is -2.89. The number of esters is 1. The number of carbonyl (C=O) groups excluding carboxylic acids is 1. The van der Waals surface area contributed by atoms with Crippen LogP contribution in [0.2, 0.25) is 0 Å². The smallest absolute Gasteiger partial charge is 0.302 e. The van der Waals surface area contributed by atoms with Gasteiger partial charge in [-0.25, -0.2) is 0 Å². The molecule has 134 valence electrons. The summed E-state index contributed by atoms with van der Waals surface area (Å²) in [4.78, 5) is 9.82. The highest BCUT2D eigenvalue weighted by atomic mass is 32.2. The largest absolute Gasteiger partial charge is 0.466 e. The number of aliphatic hydroxyl groups excluding tert-OH is 4. The first-order valence-electron chi connectivity index (χ1n) is 6.40. The standard InChI is InChI=1S/C7H17NO7S.C4H8O2/c9-3-7(4-10,5-11)8-1-6(12)2-16(13,14)15;1-3-6-4(2)5/h6,8-12H,1-5H2,(H,13,14,15);3H2,1-2H3. The second-order valence-electron chi connectivity index (χ2n) is 4.46. The van der Waals surface area contributed by atoms with E-state index < -0.39 is 47.3 Å². The molecule has 0 aromatic rings. The fourth-order valence-electron chi connectivity index (χ4n) is 1.16. The van der Waals surface area contributed by atoms with Crippen molar-refractivity contribution >= 4 is 16.1 Å². The van der Waals surface area contributed by atoms with Crippen molar-refractivity contribution in [2.75, 3.05) is 38.7 Å². The normalized spacial score (nSPS) is 13.0. The lowest BCUT2D eigenvalue weighted by Gasteiger charge is -2.29. The molecule has 0 aliphatic rings. The van der Waals surface area contributed by atoms with Gasteiger partial charge in [-0.05, 0) is 6.92 Å². The van der Waals surface area contributed by atoms with Gasteiger partial charge in [0, 0.05) is 13.5 Å². The zero-order valence-electron chi connectivity index (χ0n) is 12.6. The third kappa shape index (κ3) is 12.9. The van der Waals surface area contributed by atoms with E-state index >= 15 is 0 Å². The number of aliphatic hydroxyl groups is 4. The Balaban J connectivity index is 0. The molecular formula is C11H25NO9S. The predicted molar refractivity (Wildman–Crippen MR) is 76.7 cm³/mol. The van der Waals surface area contributed by atoms with Gasteiger partial charge < -0.3 is 30.5 Å². The molecule has 0 saturated heterocycles. The lowest BCUT2D eigenvalue weighted by molar-refractivity contribution is -0.140. The molecule has 0 fully saturated rings. The van der Waals surface area contributed by atoms with Crippen molar-refractivity contribution in [3.63, 3.8) is 0 Å². The third-order valence-corrected chi connectivity index (χ3v) is 3.18. The van der Waals surface area contributed by atoms with E-state index in [1.54, 1.807) is 6.92 Å². The van der Waals surface area contributed by atoms with Crippen molar-refractivity contribution in [3.05, 3.63) is 0 Å². The van der Waals surface area contributed by atoms with E-state index in [1.165, 1.54) is 6.92 Å². The maximum atomic E-state index is 10.4. The fourth-order valence-corrected chi connectivity index (χ4v) is 1.76. The van der Waals surface area contributed by atoms with Gasteiger partial charge >= 0.3 is 5.97 Å². The minimum Gasteiger partial charge on any atom is -0.466 e. The van der Waals surface area contributed by atoms with Crippen LogP contribution < -0.4 is 5.32 Å². The summed E-state index contributed by atoms with van der Waals surface area (Å²) in [7, 11) is -4.29.